The molecule has 0 bridgehead atoms. The molecule has 2 fully saturated rings. The fourth-order valence-electron chi connectivity index (χ4n) is 4.92. The largest absolute Gasteiger partial charge is 0.340 e. The molecule has 6 heteroatoms. The zero-order valence-electron chi connectivity index (χ0n) is 18.4. The highest BCUT2D eigenvalue weighted by Gasteiger charge is 2.30. The van der Waals surface area contributed by atoms with Crippen molar-refractivity contribution in [1.29, 1.82) is 0 Å². The van der Waals surface area contributed by atoms with E-state index < -0.39 is 0 Å². The minimum Gasteiger partial charge on any atom is -0.340 e. The van der Waals surface area contributed by atoms with Gasteiger partial charge in [0, 0.05) is 64.6 Å². The number of carbonyl (C=O) groups excluding carboxylic acids is 1. The van der Waals surface area contributed by atoms with Gasteiger partial charge in [0.05, 0.1) is 6.04 Å². The molecule has 2 atom stereocenters. The number of nitrogens with zero attached hydrogens (tertiary/aromatic N) is 5. The summed E-state index contributed by atoms with van der Waals surface area (Å²) in [4.78, 5) is 24.5. The molecule has 0 radical (unpaired) electrons. The van der Waals surface area contributed by atoms with Crippen LogP contribution >= 0.6 is 0 Å². The molecule has 0 aliphatic carbocycles. The Morgan fingerprint density at radius 1 is 1.10 bits per heavy atom. The molecule has 4 rings (SSSR count). The van der Waals surface area contributed by atoms with Gasteiger partial charge in [0.25, 0.3) is 0 Å². The summed E-state index contributed by atoms with van der Waals surface area (Å²) in [7, 11) is 2.06. The van der Waals surface area contributed by atoms with Crippen LogP contribution in [0.5, 0.6) is 0 Å². The van der Waals surface area contributed by atoms with Crippen LogP contribution in [0, 0.1) is 0 Å². The van der Waals surface area contributed by atoms with E-state index in [1.165, 1.54) is 24.8 Å². The van der Waals surface area contributed by atoms with Crippen LogP contribution < -0.4 is 0 Å². The Hall–Kier alpha value is -2.18. The van der Waals surface area contributed by atoms with Crippen LogP contribution in [0.25, 0.3) is 0 Å². The number of hydrogen-bond acceptors (Lipinski definition) is 4. The Labute approximate surface area is 180 Å². The van der Waals surface area contributed by atoms with Gasteiger partial charge >= 0.3 is 0 Å². The number of imidazole rings is 1. The van der Waals surface area contributed by atoms with E-state index in [1.807, 2.05) is 12.4 Å². The number of likely N-dealkylation sites (tertiary alicyclic amines) is 1. The van der Waals surface area contributed by atoms with Gasteiger partial charge in [-0.3, -0.25) is 9.69 Å². The summed E-state index contributed by atoms with van der Waals surface area (Å²) in [6.45, 7) is 7.68. The summed E-state index contributed by atoms with van der Waals surface area (Å²) in [6, 6.07) is 11.3. The van der Waals surface area contributed by atoms with E-state index in [1.54, 1.807) is 0 Å². The van der Waals surface area contributed by atoms with Crippen molar-refractivity contribution in [1.82, 2.24) is 24.3 Å². The number of piperidine rings is 1. The van der Waals surface area contributed by atoms with Gasteiger partial charge < -0.3 is 14.4 Å². The van der Waals surface area contributed by atoms with Crippen molar-refractivity contribution in [2.45, 2.75) is 44.7 Å². The van der Waals surface area contributed by atoms with Crippen LogP contribution in [-0.4, -0.2) is 75.5 Å². The van der Waals surface area contributed by atoms with Crippen LogP contribution in [0.2, 0.25) is 0 Å². The maximum absolute atomic E-state index is 12.8. The standard InChI is InChI=1S/C24H35N5O/c1-20-8-6-7-13-27(20)14-11-22(30)28-16-18-29(19-17-28)23(21-9-4-3-5-10-21)24-25-12-15-26(24)2/h3-5,9-10,12,15,20,23H,6-8,11,13-14,16-19H2,1-2H3. The van der Waals surface area contributed by atoms with Gasteiger partial charge in [-0.2, -0.15) is 0 Å². The van der Waals surface area contributed by atoms with E-state index in [2.05, 4.69) is 68.6 Å². The van der Waals surface area contributed by atoms with Crippen molar-refractivity contribution in [3.63, 3.8) is 0 Å². The first kappa shape index (κ1) is 21.1. The Morgan fingerprint density at radius 2 is 1.87 bits per heavy atom. The summed E-state index contributed by atoms with van der Waals surface area (Å²) in [5.74, 6) is 1.36. The smallest absolute Gasteiger partial charge is 0.223 e. The molecule has 162 valence electrons. The molecular weight excluding hydrogens is 374 g/mol. The second-order valence-corrected chi connectivity index (χ2v) is 8.76. The van der Waals surface area contributed by atoms with Gasteiger partial charge in [0.15, 0.2) is 0 Å². The van der Waals surface area contributed by atoms with E-state index >= 15 is 0 Å². The predicted molar refractivity (Wildman–Crippen MR) is 119 cm³/mol. The Morgan fingerprint density at radius 3 is 2.53 bits per heavy atom. The van der Waals surface area contributed by atoms with Crippen LogP contribution in [-0.2, 0) is 11.8 Å². The minimum absolute atomic E-state index is 0.123. The number of benzene rings is 1. The summed E-state index contributed by atoms with van der Waals surface area (Å²) < 4.78 is 2.11. The molecule has 3 heterocycles. The Balaban J connectivity index is 1.36. The van der Waals surface area contributed by atoms with Crippen molar-refractivity contribution in [3.8, 4) is 0 Å². The number of piperazine rings is 1. The lowest BCUT2D eigenvalue weighted by Crippen LogP contribution is -2.50. The summed E-state index contributed by atoms with van der Waals surface area (Å²) >= 11 is 0. The molecule has 1 aromatic carbocycles. The monoisotopic (exact) mass is 409 g/mol. The summed E-state index contributed by atoms with van der Waals surface area (Å²) in [5, 5.41) is 0. The summed E-state index contributed by atoms with van der Waals surface area (Å²) in [5.41, 5.74) is 1.26. The number of hydrogen-bond donors (Lipinski definition) is 0. The maximum Gasteiger partial charge on any atom is 0.223 e. The second-order valence-electron chi connectivity index (χ2n) is 8.76. The van der Waals surface area contributed by atoms with Crippen molar-refractivity contribution in [2.24, 2.45) is 7.05 Å². The number of carbonyl (C=O) groups is 1. The highest BCUT2D eigenvalue weighted by Crippen LogP contribution is 2.28. The third kappa shape index (κ3) is 4.76. The summed E-state index contributed by atoms with van der Waals surface area (Å²) in [6.07, 6.45) is 8.38. The van der Waals surface area contributed by atoms with Gasteiger partial charge in [0.1, 0.15) is 5.82 Å². The van der Waals surface area contributed by atoms with Crippen LogP contribution in [0.1, 0.15) is 50.0 Å². The van der Waals surface area contributed by atoms with Crippen LogP contribution in [0.15, 0.2) is 42.7 Å². The SMILES string of the molecule is CC1CCCCN1CCC(=O)N1CCN(C(c2ccccc2)c2nccn2C)CC1. The average molecular weight is 410 g/mol. The molecule has 6 nitrogen and oxygen atoms in total. The molecule has 1 amide bonds. The number of aromatic nitrogens is 2. The van der Waals surface area contributed by atoms with Gasteiger partial charge in [-0.1, -0.05) is 36.8 Å². The highest BCUT2D eigenvalue weighted by atomic mass is 16.2. The topological polar surface area (TPSA) is 44.6 Å². The Kier molecular flexibility index (Phi) is 6.85. The van der Waals surface area contributed by atoms with Crippen LogP contribution in [0.4, 0.5) is 0 Å². The molecule has 2 aromatic rings. The van der Waals surface area contributed by atoms with Gasteiger partial charge in [-0.15, -0.1) is 0 Å². The Bertz CT molecular complexity index is 812. The molecular formula is C24H35N5O. The average Bonchev–Trinajstić information content (AvgIpc) is 3.20. The predicted octanol–water partition coefficient (Wildman–Crippen LogP) is 2.92. The third-order valence-corrected chi connectivity index (χ3v) is 6.80. The van der Waals surface area contributed by atoms with Gasteiger partial charge in [-0.05, 0) is 31.9 Å². The third-order valence-electron chi connectivity index (χ3n) is 6.80. The number of aryl methyl sites for hydroxylation is 1. The fraction of sp³-hybridized carbons (Fsp3) is 0.583. The second kappa shape index (κ2) is 9.75. The van der Waals surface area contributed by atoms with E-state index in [9.17, 15) is 4.79 Å². The number of rotatable bonds is 6. The lowest BCUT2D eigenvalue weighted by Gasteiger charge is -2.39. The van der Waals surface area contributed by atoms with E-state index in [-0.39, 0.29) is 6.04 Å². The quantitative estimate of drug-likeness (QED) is 0.736. The van der Waals surface area contributed by atoms with Crippen molar-refractivity contribution in [2.75, 3.05) is 39.3 Å². The normalized spacial score (nSPS) is 22.2. The maximum atomic E-state index is 12.8. The van der Waals surface area contributed by atoms with E-state index in [4.69, 9.17) is 0 Å². The minimum atomic E-state index is 0.123. The molecule has 0 spiro atoms. The lowest BCUT2D eigenvalue weighted by molar-refractivity contribution is -0.133. The van der Waals surface area contributed by atoms with Gasteiger partial charge in [0.2, 0.25) is 5.91 Å². The van der Waals surface area contributed by atoms with E-state index in [0.29, 0.717) is 18.4 Å². The van der Waals surface area contributed by atoms with Gasteiger partial charge in [-0.25, -0.2) is 4.98 Å². The van der Waals surface area contributed by atoms with Crippen molar-refractivity contribution in [3.05, 3.63) is 54.1 Å². The molecule has 30 heavy (non-hydrogen) atoms. The molecule has 2 aliphatic heterocycles. The fourth-order valence-corrected chi connectivity index (χ4v) is 4.92. The molecule has 0 saturated carbocycles. The molecule has 2 saturated heterocycles. The molecule has 2 unspecified atom stereocenters. The lowest BCUT2D eigenvalue weighted by atomic mass is 10.0. The first-order chi connectivity index (χ1) is 14.6. The molecule has 0 N–H and O–H groups in total. The molecule has 1 aromatic heterocycles. The number of amides is 1. The van der Waals surface area contributed by atoms with E-state index in [0.717, 1.165) is 45.1 Å². The molecule has 2 aliphatic rings. The van der Waals surface area contributed by atoms with Crippen molar-refractivity contribution >= 4 is 5.91 Å². The highest BCUT2D eigenvalue weighted by molar-refractivity contribution is 5.76. The van der Waals surface area contributed by atoms with Crippen molar-refractivity contribution < 1.29 is 4.79 Å². The zero-order valence-corrected chi connectivity index (χ0v) is 18.4. The zero-order chi connectivity index (χ0) is 20.9. The first-order valence-corrected chi connectivity index (χ1v) is 11.4. The first-order valence-electron chi connectivity index (χ1n) is 11.4. The van der Waals surface area contributed by atoms with Crippen LogP contribution in [0.3, 0.4) is 0 Å².